The number of halogens is 1. The predicted octanol–water partition coefficient (Wildman–Crippen LogP) is 2.19. The van der Waals surface area contributed by atoms with Gasteiger partial charge in [-0.25, -0.2) is 4.39 Å². The van der Waals surface area contributed by atoms with Gasteiger partial charge < -0.3 is 10.4 Å². The molecule has 2 bridgehead atoms. The van der Waals surface area contributed by atoms with Gasteiger partial charge in [0, 0.05) is 17.6 Å². The van der Waals surface area contributed by atoms with Crippen molar-refractivity contribution in [3.63, 3.8) is 0 Å². The molecule has 2 atom stereocenters. The SMILES string of the molecule is N#Cc1cc(F)ccc1C1(O)CC2CCCC(C1)N2. The van der Waals surface area contributed by atoms with Crippen LogP contribution in [0.25, 0.3) is 0 Å². The van der Waals surface area contributed by atoms with Gasteiger partial charge in [0.05, 0.1) is 17.2 Å². The number of fused-ring (bicyclic) bond motifs is 2. The van der Waals surface area contributed by atoms with Crippen molar-refractivity contribution >= 4 is 0 Å². The molecule has 2 N–H and O–H groups in total. The first-order valence-corrected chi connectivity index (χ1v) is 6.79. The van der Waals surface area contributed by atoms with Crippen LogP contribution in [0.4, 0.5) is 4.39 Å². The zero-order valence-corrected chi connectivity index (χ0v) is 10.7. The van der Waals surface area contributed by atoms with Crippen LogP contribution in [0.1, 0.15) is 43.2 Å². The number of nitrogens with one attached hydrogen (secondary N) is 1. The number of hydrogen-bond acceptors (Lipinski definition) is 3. The molecule has 2 saturated heterocycles. The third-order valence-electron chi connectivity index (χ3n) is 4.35. The molecule has 4 heteroatoms. The maximum Gasteiger partial charge on any atom is 0.124 e. The molecule has 2 unspecified atom stereocenters. The van der Waals surface area contributed by atoms with E-state index in [-0.39, 0.29) is 5.56 Å². The fourth-order valence-electron chi connectivity index (χ4n) is 3.57. The van der Waals surface area contributed by atoms with Crippen LogP contribution < -0.4 is 5.32 Å². The average Bonchev–Trinajstić information content (AvgIpc) is 2.37. The maximum absolute atomic E-state index is 13.2. The summed E-state index contributed by atoms with van der Waals surface area (Å²) in [6, 6.07) is 6.71. The van der Waals surface area contributed by atoms with E-state index in [1.807, 2.05) is 6.07 Å². The molecule has 3 nitrogen and oxygen atoms in total. The second-order valence-corrected chi connectivity index (χ2v) is 5.73. The zero-order valence-electron chi connectivity index (χ0n) is 10.7. The quantitative estimate of drug-likeness (QED) is 0.813. The standard InChI is InChI=1S/C15H17FN2O/c16-11-4-5-14(10(6-11)9-17)15(19)7-12-2-1-3-13(8-15)18-12/h4-6,12-13,18-19H,1-3,7-8H2. The Hall–Kier alpha value is -1.44. The molecule has 1 aromatic carbocycles. The van der Waals surface area contributed by atoms with Crippen molar-refractivity contribution in [1.29, 1.82) is 5.26 Å². The van der Waals surface area contributed by atoms with E-state index in [1.165, 1.54) is 18.6 Å². The minimum absolute atomic E-state index is 0.252. The van der Waals surface area contributed by atoms with Crippen LogP contribution in [0.5, 0.6) is 0 Å². The Kier molecular flexibility index (Phi) is 3.04. The van der Waals surface area contributed by atoms with Crippen LogP contribution in [0.15, 0.2) is 18.2 Å². The molecule has 2 heterocycles. The largest absolute Gasteiger partial charge is 0.385 e. The van der Waals surface area contributed by atoms with Gasteiger partial charge in [-0.2, -0.15) is 5.26 Å². The molecule has 19 heavy (non-hydrogen) atoms. The van der Waals surface area contributed by atoms with Crippen molar-refractivity contribution in [2.24, 2.45) is 0 Å². The lowest BCUT2D eigenvalue weighted by Gasteiger charge is -2.45. The Bertz CT molecular complexity index is 525. The van der Waals surface area contributed by atoms with E-state index in [9.17, 15) is 9.50 Å². The molecular weight excluding hydrogens is 243 g/mol. The predicted molar refractivity (Wildman–Crippen MR) is 68.8 cm³/mol. The van der Waals surface area contributed by atoms with Crippen LogP contribution in [0.3, 0.4) is 0 Å². The number of rotatable bonds is 1. The summed E-state index contributed by atoms with van der Waals surface area (Å²) in [5.74, 6) is -0.432. The Balaban J connectivity index is 1.99. The zero-order chi connectivity index (χ0) is 13.5. The lowest BCUT2D eigenvalue weighted by molar-refractivity contribution is -0.0361. The van der Waals surface area contributed by atoms with Crippen LogP contribution >= 0.6 is 0 Å². The highest BCUT2D eigenvalue weighted by Gasteiger charge is 2.42. The fraction of sp³-hybridized carbons (Fsp3) is 0.533. The molecule has 0 spiro atoms. The first-order valence-electron chi connectivity index (χ1n) is 6.79. The Morgan fingerprint density at radius 1 is 1.32 bits per heavy atom. The van der Waals surface area contributed by atoms with Crippen molar-refractivity contribution in [3.8, 4) is 6.07 Å². The summed E-state index contributed by atoms with van der Waals surface area (Å²) in [4.78, 5) is 0. The van der Waals surface area contributed by atoms with Crippen molar-refractivity contribution in [3.05, 3.63) is 35.1 Å². The second-order valence-electron chi connectivity index (χ2n) is 5.73. The van der Waals surface area contributed by atoms with Crippen molar-refractivity contribution in [2.45, 2.75) is 49.8 Å². The highest BCUT2D eigenvalue weighted by molar-refractivity contribution is 5.42. The van der Waals surface area contributed by atoms with E-state index in [1.54, 1.807) is 6.07 Å². The van der Waals surface area contributed by atoms with Crippen molar-refractivity contribution in [2.75, 3.05) is 0 Å². The molecule has 2 aliphatic rings. The number of aliphatic hydroxyl groups is 1. The van der Waals surface area contributed by atoms with Gasteiger partial charge in [-0.1, -0.05) is 12.5 Å². The molecule has 0 aliphatic carbocycles. The highest BCUT2D eigenvalue weighted by atomic mass is 19.1. The van der Waals surface area contributed by atoms with Crippen LogP contribution in [-0.2, 0) is 5.60 Å². The van der Waals surface area contributed by atoms with Crippen LogP contribution in [0, 0.1) is 17.1 Å². The second kappa shape index (κ2) is 4.59. The summed E-state index contributed by atoms with van der Waals surface area (Å²) in [5.41, 5.74) is -0.169. The summed E-state index contributed by atoms with van der Waals surface area (Å²) in [6.07, 6.45) is 4.50. The van der Waals surface area contributed by atoms with Gasteiger partial charge in [0.25, 0.3) is 0 Å². The minimum atomic E-state index is -1.00. The van der Waals surface area contributed by atoms with Gasteiger partial charge in [0.1, 0.15) is 5.82 Å². The van der Waals surface area contributed by atoms with Gasteiger partial charge in [-0.3, -0.25) is 0 Å². The van der Waals surface area contributed by atoms with Crippen molar-refractivity contribution in [1.82, 2.24) is 5.32 Å². The average molecular weight is 260 g/mol. The molecule has 2 aliphatic heterocycles. The summed E-state index contributed by atoms with van der Waals surface area (Å²) >= 11 is 0. The van der Waals surface area contributed by atoms with E-state index in [0.29, 0.717) is 30.5 Å². The van der Waals surface area contributed by atoms with E-state index in [4.69, 9.17) is 5.26 Å². The number of nitrogens with zero attached hydrogens (tertiary/aromatic N) is 1. The van der Waals surface area contributed by atoms with E-state index < -0.39 is 11.4 Å². The number of piperidine rings is 2. The first-order chi connectivity index (χ1) is 9.10. The normalized spacial score (nSPS) is 33.7. The van der Waals surface area contributed by atoms with Gasteiger partial charge in [0.2, 0.25) is 0 Å². The van der Waals surface area contributed by atoms with E-state index in [0.717, 1.165) is 12.8 Å². The summed E-state index contributed by atoms with van der Waals surface area (Å²) in [7, 11) is 0. The lowest BCUT2D eigenvalue weighted by atomic mass is 9.73. The van der Waals surface area contributed by atoms with Gasteiger partial charge in [-0.15, -0.1) is 0 Å². The van der Waals surface area contributed by atoms with Gasteiger partial charge in [-0.05, 0) is 37.8 Å². The molecule has 2 fully saturated rings. The smallest absolute Gasteiger partial charge is 0.124 e. The molecule has 0 aromatic heterocycles. The Morgan fingerprint density at radius 3 is 2.63 bits per heavy atom. The van der Waals surface area contributed by atoms with E-state index >= 15 is 0 Å². The number of benzene rings is 1. The van der Waals surface area contributed by atoms with E-state index in [2.05, 4.69) is 5.32 Å². The van der Waals surface area contributed by atoms with Gasteiger partial charge >= 0.3 is 0 Å². The van der Waals surface area contributed by atoms with Crippen LogP contribution in [0.2, 0.25) is 0 Å². The highest BCUT2D eigenvalue weighted by Crippen LogP contribution is 2.40. The third kappa shape index (κ3) is 2.24. The third-order valence-corrected chi connectivity index (χ3v) is 4.35. The summed E-state index contributed by atoms with van der Waals surface area (Å²) < 4.78 is 13.2. The topological polar surface area (TPSA) is 56.0 Å². The molecule has 3 rings (SSSR count). The first kappa shape index (κ1) is 12.6. The molecule has 0 amide bonds. The molecule has 100 valence electrons. The summed E-state index contributed by atoms with van der Waals surface area (Å²) in [6.45, 7) is 0. The summed E-state index contributed by atoms with van der Waals surface area (Å²) in [5, 5.41) is 23.6. The molecule has 1 aromatic rings. The minimum Gasteiger partial charge on any atom is -0.385 e. The molecule has 0 saturated carbocycles. The number of hydrogen-bond donors (Lipinski definition) is 2. The Morgan fingerprint density at radius 2 is 2.00 bits per heavy atom. The molecular formula is C15H17FN2O. The van der Waals surface area contributed by atoms with Crippen molar-refractivity contribution < 1.29 is 9.50 Å². The van der Waals surface area contributed by atoms with Gasteiger partial charge in [0.15, 0.2) is 0 Å². The maximum atomic E-state index is 13.2. The fourth-order valence-corrected chi connectivity index (χ4v) is 3.57. The van der Waals surface area contributed by atoms with Crippen LogP contribution in [-0.4, -0.2) is 17.2 Å². The molecule has 0 radical (unpaired) electrons. The monoisotopic (exact) mass is 260 g/mol. The number of nitriles is 1. The lowest BCUT2D eigenvalue weighted by Crippen LogP contribution is -2.54. The Labute approximate surface area is 112 Å².